The highest BCUT2D eigenvalue weighted by Gasteiger charge is 2.22. The van der Waals surface area contributed by atoms with E-state index in [0.717, 1.165) is 13.0 Å². The number of hydrogen-bond donors (Lipinski definition) is 0. The lowest BCUT2D eigenvalue weighted by molar-refractivity contribution is -0.130. The van der Waals surface area contributed by atoms with E-state index in [1.54, 1.807) is 12.1 Å². The van der Waals surface area contributed by atoms with E-state index in [1.165, 1.54) is 11.3 Å². The molecule has 0 spiro atoms. The largest absolute Gasteiger partial charge is 0.341 e. The fraction of sp³-hybridized carbons (Fsp3) is 0.538. The zero-order chi connectivity index (χ0) is 13.8. The molecule has 0 aromatic carbocycles. The van der Waals surface area contributed by atoms with Crippen LogP contribution in [0.5, 0.6) is 0 Å². The van der Waals surface area contributed by atoms with Gasteiger partial charge in [-0.15, -0.1) is 11.3 Å². The van der Waals surface area contributed by atoms with Gasteiger partial charge in [0.1, 0.15) is 0 Å². The van der Waals surface area contributed by atoms with E-state index in [0.29, 0.717) is 35.3 Å². The zero-order valence-corrected chi connectivity index (χ0v) is 12.5. The van der Waals surface area contributed by atoms with E-state index in [2.05, 4.69) is 0 Å². The number of carbonyl (C=O) groups is 2. The number of halogens is 1. The third-order valence-electron chi connectivity index (χ3n) is 3.22. The molecular formula is C13H17ClN2O2S. The van der Waals surface area contributed by atoms with Crippen molar-refractivity contribution in [2.24, 2.45) is 0 Å². The smallest absolute Gasteiger partial charge is 0.264 e. The molecule has 2 rings (SSSR count). The fourth-order valence-electron chi connectivity index (χ4n) is 2.18. The lowest BCUT2D eigenvalue weighted by Crippen LogP contribution is -2.36. The molecule has 0 atom stereocenters. The number of amides is 2. The van der Waals surface area contributed by atoms with Crippen LogP contribution in [0.15, 0.2) is 12.1 Å². The maximum absolute atomic E-state index is 12.3. The maximum Gasteiger partial charge on any atom is 0.264 e. The lowest BCUT2D eigenvalue weighted by atomic mass is 10.3. The van der Waals surface area contributed by atoms with Crippen LogP contribution in [0.1, 0.15) is 29.4 Å². The third-order valence-corrected chi connectivity index (χ3v) is 4.44. The first-order chi connectivity index (χ1) is 9.11. The molecule has 0 aliphatic carbocycles. The summed E-state index contributed by atoms with van der Waals surface area (Å²) in [6.45, 7) is 4.52. The van der Waals surface area contributed by atoms with Crippen molar-refractivity contribution in [1.29, 1.82) is 0 Å². The molecule has 1 aliphatic heterocycles. The van der Waals surface area contributed by atoms with E-state index in [-0.39, 0.29) is 11.8 Å². The highest BCUT2D eigenvalue weighted by Crippen LogP contribution is 2.23. The number of carbonyl (C=O) groups excluding carboxylic acids is 2. The second-order valence-electron chi connectivity index (χ2n) is 4.48. The van der Waals surface area contributed by atoms with E-state index in [1.807, 2.05) is 16.7 Å². The molecule has 2 amide bonds. The molecule has 104 valence electrons. The number of rotatable bonds is 2. The Hall–Kier alpha value is -1.07. The highest BCUT2D eigenvalue weighted by atomic mass is 35.5. The van der Waals surface area contributed by atoms with E-state index >= 15 is 0 Å². The van der Waals surface area contributed by atoms with Gasteiger partial charge in [-0.3, -0.25) is 9.59 Å². The van der Waals surface area contributed by atoms with Gasteiger partial charge in [-0.05, 0) is 18.6 Å². The molecule has 1 aliphatic rings. The Balaban J connectivity index is 1.99. The molecule has 4 nitrogen and oxygen atoms in total. The summed E-state index contributed by atoms with van der Waals surface area (Å²) in [5, 5.41) is 0. The van der Waals surface area contributed by atoms with Crippen molar-refractivity contribution in [3.63, 3.8) is 0 Å². The average Bonchev–Trinajstić information content (AvgIpc) is 2.71. The second-order valence-corrected chi connectivity index (χ2v) is 6.20. The van der Waals surface area contributed by atoms with Crippen LogP contribution in [0, 0.1) is 0 Å². The summed E-state index contributed by atoms with van der Waals surface area (Å²) in [6, 6.07) is 3.50. The molecule has 2 heterocycles. The first kappa shape index (κ1) is 14.3. The first-order valence-electron chi connectivity index (χ1n) is 6.44. The molecule has 1 saturated heterocycles. The van der Waals surface area contributed by atoms with Gasteiger partial charge in [0.05, 0.1) is 9.21 Å². The average molecular weight is 301 g/mol. The monoisotopic (exact) mass is 300 g/mol. The number of thiophene rings is 1. The normalized spacial score (nSPS) is 16.3. The Kier molecular flexibility index (Phi) is 4.82. The third kappa shape index (κ3) is 3.48. The molecule has 19 heavy (non-hydrogen) atoms. The molecule has 0 radical (unpaired) electrons. The zero-order valence-electron chi connectivity index (χ0n) is 10.9. The topological polar surface area (TPSA) is 40.6 Å². The van der Waals surface area contributed by atoms with Gasteiger partial charge in [0.25, 0.3) is 5.91 Å². The van der Waals surface area contributed by atoms with Crippen LogP contribution in [0.2, 0.25) is 4.34 Å². The SMILES string of the molecule is CCC(=O)N1CCCN(C(=O)c2ccc(Cl)s2)CC1. The summed E-state index contributed by atoms with van der Waals surface area (Å²) in [5.41, 5.74) is 0. The van der Waals surface area contributed by atoms with E-state index in [9.17, 15) is 9.59 Å². The van der Waals surface area contributed by atoms with Crippen molar-refractivity contribution in [3.8, 4) is 0 Å². The van der Waals surface area contributed by atoms with Crippen LogP contribution in [0.25, 0.3) is 0 Å². The molecule has 1 aromatic heterocycles. The van der Waals surface area contributed by atoms with Crippen molar-refractivity contribution in [3.05, 3.63) is 21.3 Å². The Morgan fingerprint density at radius 2 is 1.89 bits per heavy atom. The Morgan fingerprint density at radius 3 is 2.53 bits per heavy atom. The summed E-state index contributed by atoms with van der Waals surface area (Å²) in [7, 11) is 0. The molecule has 0 saturated carbocycles. The number of hydrogen-bond acceptors (Lipinski definition) is 3. The van der Waals surface area contributed by atoms with Crippen LogP contribution in [0.3, 0.4) is 0 Å². The second kappa shape index (κ2) is 6.39. The maximum atomic E-state index is 12.3. The highest BCUT2D eigenvalue weighted by molar-refractivity contribution is 7.17. The lowest BCUT2D eigenvalue weighted by Gasteiger charge is -2.21. The van der Waals surface area contributed by atoms with Gasteiger partial charge in [0, 0.05) is 32.6 Å². The standard InChI is InChI=1S/C13H17ClN2O2S/c1-2-12(17)15-6-3-7-16(9-8-15)13(18)10-4-5-11(14)19-10/h4-5H,2-3,6-9H2,1H3. The van der Waals surface area contributed by atoms with Crippen LogP contribution in [-0.2, 0) is 4.79 Å². The number of nitrogens with zero attached hydrogens (tertiary/aromatic N) is 2. The molecule has 1 fully saturated rings. The van der Waals surface area contributed by atoms with Gasteiger partial charge < -0.3 is 9.80 Å². The van der Waals surface area contributed by atoms with Crippen LogP contribution >= 0.6 is 22.9 Å². The Labute approximate surface area is 121 Å². The molecule has 0 N–H and O–H groups in total. The van der Waals surface area contributed by atoms with E-state index in [4.69, 9.17) is 11.6 Å². The van der Waals surface area contributed by atoms with Gasteiger partial charge in [-0.25, -0.2) is 0 Å². The summed E-state index contributed by atoms with van der Waals surface area (Å²) >= 11 is 7.16. The van der Waals surface area contributed by atoms with Gasteiger partial charge in [-0.1, -0.05) is 18.5 Å². The molecule has 1 aromatic rings. The predicted molar refractivity (Wildman–Crippen MR) is 76.7 cm³/mol. The van der Waals surface area contributed by atoms with Gasteiger partial charge in [-0.2, -0.15) is 0 Å². The Morgan fingerprint density at radius 1 is 1.21 bits per heavy atom. The van der Waals surface area contributed by atoms with Crippen molar-refractivity contribution in [1.82, 2.24) is 9.80 Å². The Bertz CT molecular complexity index is 475. The van der Waals surface area contributed by atoms with Crippen molar-refractivity contribution < 1.29 is 9.59 Å². The van der Waals surface area contributed by atoms with Crippen molar-refractivity contribution >= 4 is 34.8 Å². The molecular weight excluding hydrogens is 284 g/mol. The summed E-state index contributed by atoms with van der Waals surface area (Å²) in [6.07, 6.45) is 1.35. The molecule has 0 unspecified atom stereocenters. The predicted octanol–water partition coefficient (Wildman–Crippen LogP) is 2.49. The quantitative estimate of drug-likeness (QED) is 0.842. The first-order valence-corrected chi connectivity index (χ1v) is 7.63. The van der Waals surface area contributed by atoms with Crippen LogP contribution in [0.4, 0.5) is 0 Å². The van der Waals surface area contributed by atoms with Crippen LogP contribution < -0.4 is 0 Å². The van der Waals surface area contributed by atoms with Crippen LogP contribution in [-0.4, -0.2) is 47.8 Å². The van der Waals surface area contributed by atoms with Gasteiger partial charge in [0.2, 0.25) is 5.91 Å². The molecule has 6 heteroatoms. The minimum atomic E-state index is 0.0164. The summed E-state index contributed by atoms with van der Waals surface area (Å²) < 4.78 is 0.626. The van der Waals surface area contributed by atoms with Crippen molar-refractivity contribution in [2.45, 2.75) is 19.8 Å². The minimum absolute atomic E-state index is 0.0164. The van der Waals surface area contributed by atoms with Gasteiger partial charge in [0.15, 0.2) is 0 Å². The van der Waals surface area contributed by atoms with E-state index < -0.39 is 0 Å². The summed E-state index contributed by atoms with van der Waals surface area (Å²) in [4.78, 5) is 28.3. The summed E-state index contributed by atoms with van der Waals surface area (Å²) in [5.74, 6) is 0.177. The fourth-order valence-corrected chi connectivity index (χ4v) is 3.19. The minimum Gasteiger partial charge on any atom is -0.341 e. The molecule has 0 bridgehead atoms. The van der Waals surface area contributed by atoms with Gasteiger partial charge >= 0.3 is 0 Å². The van der Waals surface area contributed by atoms with Crippen molar-refractivity contribution in [2.75, 3.05) is 26.2 Å².